The first-order valence-electron chi connectivity index (χ1n) is 7.96. The first kappa shape index (κ1) is 14.9. The number of rotatable bonds is 4. The Morgan fingerprint density at radius 3 is 2.52 bits per heavy atom. The van der Waals surface area contributed by atoms with Crippen molar-refractivity contribution in [2.45, 2.75) is 50.6 Å². The molecule has 0 spiro atoms. The van der Waals surface area contributed by atoms with Crippen molar-refractivity contribution in [3.63, 3.8) is 0 Å². The Hall–Kier alpha value is -1.07. The predicted octanol–water partition coefficient (Wildman–Crippen LogP) is 2.99. The zero-order chi connectivity index (χ0) is 14.7. The lowest BCUT2D eigenvalue weighted by atomic mass is 10.0. The first-order chi connectivity index (χ1) is 10.3. The molecule has 2 N–H and O–H groups in total. The fraction of sp³-hybridized carbons (Fsp3) is 0.733. The van der Waals surface area contributed by atoms with Gasteiger partial charge in [0.2, 0.25) is 0 Å². The van der Waals surface area contributed by atoms with Gasteiger partial charge in [-0.25, -0.2) is 9.97 Å². The summed E-state index contributed by atoms with van der Waals surface area (Å²) in [6, 6.07) is 1.31. The third-order valence-electron chi connectivity index (χ3n) is 4.76. The minimum absolute atomic E-state index is 0.471. The number of halogens is 1. The molecule has 0 unspecified atom stereocenters. The van der Waals surface area contributed by atoms with E-state index in [9.17, 15) is 0 Å². The van der Waals surface area contributed by atoms with Crippen molar-refractivity contribution in [2.24, 2.45) is 0 Å². The molecule has 21 heavy (non-hydrogen) atoms. The summed E-state index contributed by atoms with van der Waals surface area (Å²) in [5.74, 6) is 0.816. The molecule has 3 rings (SSSR count). The Labute approximate surface area is 131 Å². The number of piperidine rings is 1. The number of aromatic nitrogens is 2. The Bertz CT molecular complexity index is 467. The van der Waals surface area contributed by atoms with Crippen LogP contribution in [0.4, 0.5) is 11.5 Å². The van der Waals surface area contributed by atoms with Gasteiger partial charge in [0.05, 0.1) is 0 Å². The second kappa shape index (κ2) is 6.79. The minimum atomic E-state index is 0.471. The molecule has 1 aromatic rings. The van der Waals surface area contributed by atoms with E-state index in [4.69, 9.17) is 11.6 Å². The van der Waals surface area contributed by atoms with Gasteiger partial charge in [-0.1, -0.05) is 24.4 Å². The molecule has 0 radical (unpaired) electrons. The lowest BCUT2D eigenvalue weighted by Crippen LogP contribution is -2.43. The molecule has 0 bridgehead atoms. The topological polar surface area (TPSA) is 53.1 Å². The zero-order valence-corrected chi connectivity index (χ0v) is 13.4. The molecule has 5 nitrogen and oxygen atoms in total. The first-order valence-corrected chi connectivity index (χ1v) is 8.34. The van der Waals surface area contributed by atoms with Gasteiger partial charge in [0.1, 0.15) is 12.0 Å². The Kier molecular flexibility index (Phi) is 4.80. The van der Waals surface area contributed by atoms with E-state index in [1.165, 1.54) is 57.9 Å². The molecule has 1 aromatic heterocycles. The summed E-state index contributed by atoms with van der Waals surface area (Å²) in [7, 11) is 1.85. The van der Waals surface area contributed by atoms with E-state index in [2.05, 4.69) is 25.5 Å². The zero-order valence-electron chi connectivity index (χ0n) is 12.6. The molecule has 1 saturated carbocycles. The molecule has 2 fully saturated rings. The van der Waals surface area contributed by atoms with Gasteiger partial charge in [-0.15, -0.1) is 0 Å². The van der Waals surface area contributed by atoms with E-state index in [1.807, 2.05) is 7.05 Å². The van der Waals surface area contributed by atoms with Gasteiger partial charge < -0.3 is 15.5 Å². The molecule has 0 amide bonds. The Morgan fingerprint density at radius 1 is 1.14 bits per heavy atom. The summed E-state index contributed by atoms with van der Waals surface area (Å²) in [4.78, 5) is 11.0. The van der Waals surface area contributed by atoms with Crippen LogP contribution in [0, 0.1) is 0 Å². The van der Waals surface area contributed by atoms with Crippen LogP contribution in [0.3, 0.4) is 0 Å². The van der Waals surface area contributed by atoms with Crippen molar-refractivity contribution >= 4 is 23.1 Å². The van der Waals surface area contributed by atoms with Gasteiger partial charge in [0.25, 0.3) is 0 Å². The lowest BCUT2D eigenvalue weighted by molar-refractivity contribution is 0.159. The highest BCUT2D eigenvalue weighted by Crippen LogP contribution is 2.29. The van der Waals surface area contributed by atoms with Crippen molar-refractivity contribution in [1.82, 2.24) is 14.9 Å². The number of nitrogens with one attached hydrogen (secondary N) is 2. The second-order valence-electron chi connectivity index (χ2n) is 6.03. The van der Waals surface area contributed by atoms with Crippen LogP contribution in [0.1, 0.15) is 38.5 Å². The van der Waals surface area contributed by atoms with Gasteiger partial charge in [-0.3, -0.25) is 0 Å². The van der Waals surface area contributed by atoms with Gasteiger partial charge in [-0.2, -0.15) is 0 Å². The van der Waals surface area contributed by atoms with Gasteiger partial charge in [0, 0.05) is 32.2 Å². The number of anilines is 2. The average Bonchev–Trinajstić information content (AvgIpc) is 3.03. The molecule has 2 heterocycles. The molecule has 0 atom stereocenters. The van der Waals surface area contributed by atoms with Crippen LogP contribution in [0.5, 0.6) is 0 Å². The van der Waals surface area contributed by atoms with Gasteiger partial charge >= 0.3 is 0 Å². The van der Waals surface area contributed by atoms with Crippen molar-refractivity contribution in [2.75, 3.05) is 30.8 Å². The minimum Gasteiger partial charge on any atom is -0.383 e. The van der Waals surface area contributed by atoms with Crippen molar-refractivity contribution in [1.29, 1.82) is 0 Å². The molecular weight excluding hydrogens is 286 g/mol. The number of hydrogen-bond acceptors (Lipinski definition) is 5. The summed E-state index contributed by atoms with van der Waals surface area (Å²) in [6.45, 7) is 2.38. The molecule has 6 heteroatoms. The maximum atomic E-state index is 6.09. The molecule has 1 saturated heterocycles. The van der Waals surface area contributed by atoms with Crippen LogP contribution in [0.15, 0.2) is 6.33 Å². The largest absolute Gasteiger partial charge is 0.383 e. The summed E-state index contributed by atoms with van der Waals surface area (Å²) in [6.07, 6.45) is 9.45. The third-order valence-corrected chi connectivity index (χ3v) is 5.05. The lowest BCUT2D eigenvalue weighted by Gasteiger charge is -2.36. The summed E-state index contributed by atoms with van der Waals surface area (Å²) in [5.41, 5.74) is 0.789. The number of nitrogens with zero attached hydrogens (tertiary/aromatic N) is 3. The van der Waals surface area contributed by atoms with E-state index in [0.29, 0.717) is 11.2 Å². The summed E-state index contributed by atoms with van der Waals surface area (Å²) in [5, 5.41) is 7.08. The number of likely N-dealkylation sites (tertiary alicyclic amines) is 1. The van der Waals surface area contributed by atoms with E-state index in [-0.39, 0.29) is 0 Å². The monoisotopic (exact) mass is 309 g/mol. The molecule has 2 aliphatic rings. The van der Waals surface area contributed by atoms with Crippen LogP contribution in [0.25, 0.3) is 0 Å². The number of hydrogen-bond donors (Lipinski definition) is 2. The summed E-state index contributed by atoms with van der Waals surface area (Å²) >= 11 is 6.09. The molecule has 0 aromatic carbocycles. The molecule has 1 aliphatic heterocycles. The van der Waals surface area contributed by atoms with Crippen LogP contribution in [-0.4, -0.2) is 47.1 Å². The van der Waals surface area contributed by atoms with Crippen LogP contribution in [0.2, 0.25) is 5.15 Å². The Morgan fingerprint density at radius 2 is 1.86 bits per heavy atom. The summed E-state index contributed by atoms with van der Waals surface area (Å²) < 4.78 is 0. The molecule has 116 valence electrons. The standard InChI is InChI=1S/C15H24ClN5/c1-17-13-14(16)18-10-19-15(13)20-11-6-8-21(9-7-11)12-4-2-3-5-12/h10-12,17H,2-9H2,1H3,(H,18,19,20). The third kappa shape index (κ3) is 3.40. The van der Waals surface area contributed by atoms with Crippen LogP contribution < -0.4 is 10.6 Å². The van der Waals surface area contributed by atoms with Crippen molar-refractivity contribution < 1.29 is 0 Å². The quantitative estimate of drug-likeness (QED) is 0.837. The second-order valence-corrected chi connectivity index (χ2v) is 6.39. The van der Waals surface area contributed by atoms with Gasteiger partial charge in [-0.05, 0) is 25.7 Å². The van der Waals surface area contributed by atoms with Gasteiger partial charge in [0.15, 0.2) is 11.0 Å². The van der Waals surface area contributed by atoms with E-state index in [0.717, 1.165) is 17.5 Å². The molecule has 1 aliphatic carbocycles. The van der Waals surface area contributed by atoms with Crippen LogP contribution in [-0.2, 0) is 0 Å². The smallest absolute Gasteiger partial charge is 0.157 e. The maximum absolute atomic E-state index is 6.09. The maximum Gasteiger partial charge on any atom is 0.157 e. The fourth-order valence-corrected chi connectivity index (χ4v) is 3.79. The van der Waals surface area contributed by atoms with Crippen molar-refractivity contribution in [3.05, 3.63) is 11.5 Å². The van der Waals surface area contributed by atoms with E-state index >= 15 is 0 Å². The fourth-order valence-electron chi connectivity index (χ4n) is 3.57. The van der Waals surface area contributed by atoms with Crippen LogP contribution >= 0.6 is 11.6 Å². The van der Waals surface area contributed by atoms with E-state index in [1.54, 1.807) is 0 Å². The predicted molar refractivity (Wildman–Crippen MR) is 87.1 cm³/mol. The highest BCUT2D eigenvalue weighted by molar-refractivity contribution is 6.32. The highest BCUT2D eigenvalue weighted by atomic mass is 35.5. The average molecular weight is 310 g/mol. The Balaban J connectivity index is 1.57. The normalized spacial score (nSPS) is 21.6. The van der Waals surface area contributed by atoms with Crippen molar-refractivity contribution in [3.8, 4) is 0 Å². The molecular formula is C15H24ClN5. The van der Waals surface area contributed by atoms with E-state index < -0.39 is 0 Å². The SMILES string of the molecule is CNc1c(Cl)ncnc1NC1CCN(C2CCCC2)CC1. The highest BCUT2D eigenvalue weighted by Gasteiger charge is 2.27.